The van der Waals surface area contributed by atoms with E-state index in [2.05, 4.69) is 23.6 Å². The van der Waals surface area contributed by atoms with Gasteiger partial charge in [-0.25, -0.2) is 0 Å². The van der Waals surface area contributed by atoms with Crippen LogP contribution in [0.15, 0.2) is 71.6 Å². The molecule has 1 atom stereocenters. The number of thioether (sulfide) groups is 1. The first-order chi connectivity index (χ1) is 14.5. The monoisotopic (exact) mass is 418 g/mol. The lowest BCUT2D eigenvalue weighted by atomic mass is 10.1. The molecular formula is C24H22N2O3S. The van der Waals surface area contributed by atoms with E-state index in [1.54, 1.807) is 18.2 Å². The van der Waals surface area contributed by atoms with Crippen molar-refractivity contribution >= 4 is 35.0 Å². The van der Waals surface area contributed by atoms with Crippen molar-refractivity contribution in [2.75, 3.05) is 10.6 Å². The summed E-state index contributed by atoms with van der Waals surface area (Å²) in [6, 6.07) is 20.7. The maximum Gasteiger partial charge on any atom is 0.255 e. The van der Waals surface area contributed by atoms with Crippen LogP contribution in [0.1, 0.15) is 28.4 Å². The second-order valence-electron chi connectivity index (χ2n) is 7.16. The second-order valence-corrected chi connectivity index (χ2v) is 8.54. The average Bonchev–Trinajstić information content (AvgIpc) is 2.74. The van der Waals surface area contributed by atoms with Crippen LogP contribution >= 0.6 is 11.8 Å². The van der Waals surface area contributed by atoms with Gasteiger partial charge in [-0.05, 0) is 55.3 Å². The van der Waals surface area contributed by atoms with Gasteiger partial charge in [-0.3, -0.25) is 9.59 Å². The molecule has 152 valence electrons. The molecule has 30 heavy (non-hydrogen) atoms. The molecule has 2 N–H and O–H groups in total. The van der Waals surface area contributed by atoms with E-state index in [0.29, 0.717) is 29.3 Å². The predicted octanol–water partition coefficient (Wildman–Crippen LogP) is 5.26. The second kappa shape index (κ2) is 8.63. The zero-order chi connectivity index (χ0) is 21.1. The Bertz CT molecular complexity index is 1110. The molecule has 1 heterocycles. The van der Waals surface area contributed by atoms with Crippen molar-refractivity contribution in [2.45, 2.75) is 30.6 Å². The molecule has 0 aliphatic carbocycles. The van der Waals surface area contributed by atoms with Gasteiger partial charge in [-0.2, -0.15) is 0 Å². The minimum atomic E-state index is -0.244. The lowest BCUT2D eigenvalue weighted by Gasteiger charge is -2.21. The van der Waals surface area contributed by atoms with Gasteiger partial charge in [0.1, 0.15) is 12.4 Å². The van der Waals surface area contributed by atoms with Crippen LogP contribution in [0.3, 0.4) is 0 Å². The summed E-state index contributed by atoms with van der Waals surface area (Å²) in [5, 5.41) is 5.61. The molecule has 0 radical (unpaired) electrons. The maximum absolute atomic E-state index is 12.7. The van der Waals surface area contributed by atoms with Crippen molar-refractivity contribution in [2.24, 2.45) is 0 Å². The molecule has 0 aromatic heterocycles. The Balaban J connectivity index is 1.44. The lowest BCUT2D eigenvalue weighted by molar-refractivity contribution is -0.115. The van der Waals surface area contributed by atoms with Gasteiger partial charge >= 0.3 is 0 Å². The number of ether oxygens (including phenoxy) is 1. The number of rotatable bonds is 5. The van der Waals surface area contributed by atoms with Crippen LogP contribution in [0.4, 0.5) is 11.4 Å². The quantitative estimate of drug-likeness (QED) is 0.593. The molecule has 2 amide bonds. The molecule has 0 fully saturated rings. The minimum absolute atomic E-state index is 0.0523. The van der Waals surface area contributed by atoms with Crippen molar-refractivity contribution < 1.29 is 14.3 Å². The van der Waals surface area contributed by atoms with E-state index >= 15 is 0 Å². The molecule has 3 aromatic rings. The van der Waals surface area contributed by atoms with E-state index in [0.717, 1.165) is 10.5 Å². The number of amides is 2. The highest BCUT2D eigenvalue weighted by Crippen LogP contribution is 2.36. The van der Waals surface area contributed by atoms with E-state index in [4.69, 9.17) is 4.74 Å². The summed E-state index contributed by atoms with van der Waals surface area (Å²) in [6.07, 6.45) is 0. The Hall–Kier alpha value is -3.25. The first-order valence-corrected chi connectivity index (χ1v) is 10.6. The number of carbonyl (C=O) groups is 2. The number of anilines is 2. The van der Waals surface area contributed by atoms with Gasteiger partial charge in [-0.15, -0.1) is 11.8 Å². The third-order valence-electron chi connectivity index (χ3n) is 4.92. The maximum atomic E-state index is 12.7. The number of hydrogen-bond donors (Lipinski definition) is 2. The minimum Gasteiger partial charge on any atom is -0.489 e. The van der Waals surface area contributed by atoms with E-state index in [1.807, 2.05) is 49.4 Å². The SMILES string of the molecule is Cc1ccccc1COc1cccc(NC(=O)c2ccc3c(c2)NC(=O)C(C)S3)c1. The molecular weight excluding hydrogens is 396 g/mol. The average molecular weight is 419 g/mol. The fourth-order valence-corrected chi connectivity index (χ4v) is 4.08. The van der Waals surface area contributed by atoms with Gasteiger partial charge in [0, 0.05) is 22.2 Å². The van der Waals surface area contributed by atoms with Crippen molar-refractivity contribution in [3.63, 3.8) is 0 Å². The third kappa shape index (κ3) is 4.49. The lowest BCUT2D eigenvalue weighted by Crippen LogP contribution is -2.26. The zero-order valence-electron chi connectivity index (χ0n) is 16.8. The number of fused-ring (bicyclic) bond motifs is 1. The zero-order valence-corrected chi connectivity index (χ0v) is 17.6. The number of hydrogen-bond acceptors (Lipinski definition) is 4. The Morgan fingerprint density at radius 2 is 1.93 bits per heavy atom. The van der Waals surface area contributed by atoms with Crippen molar-refractivity contribution in [3.8, 4) is 5.75 Å². The van der Waals surface area contributed by atoms with Crippen molar-refractivity contribution in [1.82, 2.24) is 0 Å². The van der Waals surface area contributed by atoms with Gasteiger partial charge < -0.3 is 15.4 Å². The largest absolute Gasteiger partial charge is 0.489 e. The summed E-state index contributed by atoms with van der Waals surface area (Å²) >= 11 is 1.49. The fraction of sp³-hybridized carbons (Fsp3) is 0.167. The van der Waals surface area contributed by atoms with Crippen LogP contribution in [-0.2, 0) is 11.4 Å². The van der Waals surface area contributed by atoms with Crippen LogP contribution in [0.25, 0.3) is 0 Å². The highest BCUT2D eigenvalue weighted by molar-refractivity contribution is 8.00. The number of benzene rings is 3. The van der Waals surface area contributed by atoms with Gasteiger partial charge in [0.25, 0.3) is 5.91 Å². The highest BCUT2D eigenvalue weighted by Gasteiger charge is 2.23. The van der Waals surface area contributed by atoms with Gasteiger partial charge in [0.05, 0.1) is 10.9 Å². The molecule has 0 saturated heterocycles. The summed E-state index contributed by atoms with van der Waals surface area (Å²) in [4.78, 5) is 25.6. The predicted molar refractivity (Wildman–Crippen MR) is 120 cm³/mol. The number of nitrogens with one attached hydrogen (secondary N) is 2. The Morgan fingerprint density at radius 1 is 1.10 bits per heavy atom. The number of carbonyl (C=O) groups excluding carboxylic acids is 2. The van der Waals surface area contributed by atoms with Crippen molar-refractivity contribution in [3.05, 3.63) is 83.4 Å². The molecule has 0 bridgehead atoms. The van der Waals surface area contributed by atoms with Gasteiger partial charge in [0.15, 0.2) is 0 Å². The molecule has 1 aliphatic heterocycles. The van der Waals surface area contributed by atoms with Crippen LogP contribution in [0.5, 0.6) is 5.75 Å². The summed E-state index contributed by atoms with van der Waals surface area (Å²) in [5.74, 6) is 0.384. The first kappa shape index (κ1) is 20.0. The Labute approximate surface area is 179 Å². The number of aryl methyl sites for hydroxylation is 1. The molecule has 0 saturated carbocycles. The van der Waals surface area contributed by atoms with Gasteiger partial charge in [-0.1, -0.05) is 30.3 Å². The molecule has 3 aromatic carbocycles. The van der Waals surface area contributed by atoms with Gasteiger partial charge in [0.2, 0.25) is 5.91 Å². The summed E-state index contributed by atoms with van der Waals surface area (Å²) < 4.78 is 5.90. The fourth-order valence-electron chi connectivity index (χ4n) is 3.15. The Kier molecular flexibility index (Phi) is 5.77. The molecule has 5 nitrogen and oxygen atoms in total. The Morgan fingerprint density at radius 3 is 2.77 bits per heavy atom. The summed E-state index contributed by atoms with van der Waals surface area (Å²) in [6.45, 7) is 4.37. The third-order valence-corrected chi connectivity index (χ3v) is 6.10. The smallest absolute Gasteiger partial charge is 0.255 e. The molecule has 1 unspecified atom stereocenters. The van der Waals surface area contributed by atoms with Crippen LogP contribution < -0.4 is 15.4 Å². The molecule has 0 spiro atoms. The van der Waals surface area contributed by atoms with Crippen LogP contribution in [0, 0.1) is 6.92 Å². The molecule has 4 rings (SSSR count). The molecule has 6 heteroatoms. The van der Waals surface area contributed by atoms with E-state index in [1.165, 1.54) is 17.3 Å². The van der Waals surface area contributed by atoms with Crippen molar-refractivity contribution in [1.29, 1.82) is 0 Å². The highest BCUT2D eigenvalue weighted by atomic mass is 32.2. The summed E-state index contributed by atoms with van der Waals surface area (Å²) in [7, 11) is 0. The molecule has 1 aliphatic rings. The standard InChI is InChI=1S/C24H22N2O3S/c1-15-6-3-4-7-18(15)14-29-20-9-5-8-19(13-20)25-24(28)17-10-11-22-21(12-17)26-23(27)16(2)30-22/h3-13,16H,14H2,1-2H3,(H,25,28)(H,26,27). The summed E-state index contributed by atoms with van der Waals surface area (Å²) in [5.41, 5.74) is 4.10. The van der Waals surface area contributed by atoms with E-state index in [9.17, 15) is 9.59 Å². The normalized spacial score (nSPS) is 15.1. The van der Waals surface area contributed by atoms with Crippen LogP contribution in [0.2, 0.25) is 0 Å². The van der Waals surface area contributed by atoms with E-state index < -0.39 is 0 Å². The first-order valence-electron chi connectivity index (χ1n) is 9.70. The van der Waals surface area contributed by atoms with Crippen LogP contribution in [-0.4, -0.2) is 17.1 Å². The topological polar surface area (TPSA) is 67.4 Å². The van der Waals surface area contributed by atoms with E-state index in [-0.39, 0.29) is 17.1 Å².